The number of hydrazine groups is 1. The first-order chi connectivity index (χ1) is 14.4. The number of fused-ring (bicyclic) bond motifs is 1. The van der Waals surface area contributed by atoms with E-state index in [1.807, 2.05) is 31.2 Å². The number of carbonyl (C=O) groups is 1. The summed E-state index contributed by atoms with van der Waals surface area (Å²) < 4.78 is 25.1. The molecule has 30 heavy (non-hydrogen) atoms. The van der Waals surface area contributed by atoms with E-state index in [9.17, 15) is 13.2 Å². The predicted molar refractivity (Wildman–Crippen MR) is 117 cm³/mol. The number of nitrogens with zero attached hydrogens (tertiary/aromatic N) is 4. The van der Waals surface area contributed by atoms with Crippen LogP contribution in [-0.2, 0) is 21.2 Å². The largest absolute Gasteiger partial charge is 0.294 e. The summed E-state index contributed by atoms with van der Waals surface area (Å²) in [6.45, 7) is 4.39. The second kappa shape index (κ2) is 8.33. The maximum Gasteiger partial charge on any atom is 0.232 e. The Morgan fingerprint density at radius 3 is 2.57 bits per heavy atom. The molecule has 2 aromatic rings. The monoisotopic (exact) mass is 429 g/mol. The number of hydrogen-bond acceptors (Lipinski definition) is 6. The van der Waals surface area contributed by atoms with E-state index in [0.717, 1.165) is 41.9 Å². The van der Waals surface area contributed by atoms with Crippen LogP contribution in [0.2, 0.25) is 0 Å². The van der Waals surface area contributed by atoms with Gasteiger partial charge in [0.1, 0.15) is 0 Å². The van der Waals surface area contributed by atoms with Crippen LogP contribution in [0.15, 0.2) is 36.5 Å². The van der Waals surface area contributed by atoms with Gasteiger partial charge in [0, 0.05) is 37.9 Å². The van der Waals surface area contributed by atoms with Crippen LogP contribution >= 0.6 is 0 Å². The number of pyridine rings is 1. The Kier molecular flexibility index (Phi) is 5.77. The van der Waals surface area contributed by atoms with Crippen molar-refractivity contribution in [3.05, 3.63) is 53.3 Å². The van der Waals surface area contributed by atoms with Crippen LogP contribution in [0.4, 0.5) is 11.4 Å². The summed E-state index contributed by atoms with van der Waals surface area (Å²) in [5.74, 6) is 0. The van der Waals surface area contributed by atoms with E-state index in [2.05, 4.69) is 21.4 Å². The predicted octanol–water partition coefficient (Wildman–Crippen LogP) is 1.94. The molecule has 0 saturated carbocycles. The van der Waals surface area contributed by atoms with Crippen molar-refractivity contribution in [2.75, 3.05) is 42.9 Å². The van der Waals surface area contributed by atoms with Crippen molar-refractivity contribution >= 4 is 27.8 Å². The van der Waals surface area contributed by atoms with Crippen LogP contribution < -0.4 is 10.4 Å². The number of nitrogens with one attached hydrogen (secondary N) is 1. The topological polar surface area (TPSA) is 85.9 Å². The molecule has 1 atom stereocenters. The summed E-state index contributed by atoms with van der Waals surface area (Å²) in [5, 5.41) is 1.51. The molecular weight excluding hydrogens is 402 g/mol. The van der Waals surface area contributed by atoms with Crippen LogP contribution in [0.3, 0.4) is 0 Å². The van der Waals surface area contributed by atoms with Gasteiger partial charge in [-0.15, -0.1) is 0 Å². The minimum absolute atomic E-state index is 0.246. The lowest BCUT2D eigenvalue weighted by Gasteiger charge is -2.37. The van der Waals surface area contributed by atoms with Crippen molar-refractivity contribution in [3.63, 3.8) is 0 Å². The number of rotatable bonds is 6. The van der Waals surface area contributed by atoms with Crippen molar-refractivity contribution in [3.8, 4) is 0 Å². The molecule has 1 aromatic heterocycles. The molecule has 2 heterocycles. The molecule has 9 heteroatoms. The van der Waals surface area contributed by atoms with E-state index < -0.39 is 10.0 Å². The Labute approximate surface area is 177 Å². The fraction of sp³-hybridized carbons (Fsp3) is 0.429. The molecule has 1 N–H and O–H groups in total. The number of anilines is 2. The molecule has 1 aliphatic heterocycles. The van der Waals surface area contributed by atoms with Gasteiger partial charge in [-0.3, -0.25) is 20.1 Å². The number of aromatic nitrogens is 1. The Hall–Kier alpha value is -2.49. The van der Waals surface area contributed by atoms with Gasteiger partial charge >= 0.3 is 0 Å². The lowest BCUT2D eigenvalue weighted by molar-refractivity contribution is -0.107. The molecular formula is C21H27N5O3S. The zero-order valence-corrected chi connectivity index (χ0v) is 18.1. The maximum atomic E-state index is 11.9. The van der Waals surface area contributed by atoms with E-state index in [4.69, 9.17) is 0 Å². The van der Waals surface area contributed by atoms with Crippen LogP contribution in [-0.4, -0.2) is 61.5 Å². The Balaban J connectivity index is 1.53. The maximum absolute atomic E-state index is 11.9. The zero-order chi connectivity index (χ0) is 21.3. The quantitative estimate of drug-likeness (QED) is 0.558. The molecule has 0 spiro atoms. The van der Waals surface area contributed by atoms with Gasteiger partial charge in [-0.25, -0.2) is 13.4 Å². The van der Waals surface area contributed by atoms with E-state index >= 15 is 0 Å². The number of aryl methyl sites for hydroxylation is 1. The average Bonchev–Trinajstić information content (AvgIpc) is 3.17. The van der Waals surface area contributed by atoms with Gasteiger partial charge < -0.3 is 0 Å². The second-order valence-electron chi connectivity index (χ2n) is 7.87. The average molecular weight is 430 g/mol. The highest BCUT2D eigenvalue weighted by Crippen LogP contribution is 2.40. The molecule has 1 saturated heterocycles. The Morgan fingerprint density at radius 1 is 1.17 bits per heavy atom. The fourth-order valence-corrected chi connectivity index (χ4v) is 5.21. The highest BCUT2D eigenvalue weighted by Gasteiger charge is 2.33. The van der Waals surface area contributed by atoms with Crippen molar-refractivity contribution in [2.45, 2.75) is 25.8 Å². The molecule has 1 fully saturated rings. The summed E-state index contributed by atoms with van der Waals surface area (Å²) in [6, 6.07) is 10.1. The van der Waals surface area contributed by atoms with E-state index in [0.29, 0.717) is 26.2 Å². The van der Waals surface area contributed by atoms with Crippen molar-refractivity contribution in [2.24, 2.45) is 0 Å². The van der Waals surface area contributed by atoms with Gasteiger partial charge in [-0.2, -0.15) is 4.31 Å². The molecule has 1 aliphatic carbocycles. The number of carbonyl (C=O) groups excluding carboxylic acids is 1. The standard InChI is InChI=1S/C21H27N5O3S/c1-16-6-7-17(14-22-16)23-26(15-27)21-5-3-4-18-19(21)8-9-20(18)24-10-12-25(13-11-24)30(2,28)29/h3-7,14-15,20,23H,8-13H2,1-2H3. The highest BCUT2D eigenvalue weighted by atomic mass is 32.2. The number of amides is 1. The van der Waals surface area contributed by atoms with Gasteiger partial charge in [0.05, 0.1) is 23.8 Å². The lowest BCUT2D eigenvalue weighted by Crippen LogP contribution is -2.49. The van der Waals surface area contributed by atoms with Gasteiger partial charge in [-0.05, 0) is 49.1 Å². The van der Waals surface area contributed by atoms with Gasteiger partial charge in [0.15, 0.2) is 0 Å². The van der Waals surface area contributed by atoms with E-state index in [-0.39, 0.29) is 6.04 Å². The van der Waals surface area contributed by atoms with Crippen molar-refractivity contribution in [1.29, 1.82) is 0 Å². The third-order valence-corrected chi connectivity index (χ3v) is 7.23. The SMILES string of the molecule is Cc1ccc(NN(C=O)c2cccc3c2CCC3N2CCN(S(C)(=O)=O)CC2)cn1. The molecule has 2 aliphatic rings. The molecule has 0 radical (unpaired) electrons. The summed E-state index contributed by atoms with van der Waals surface area (Å²) in [5.41, 5.74) is 8.02. The van der Waals surface area contributed by atoms with Gasteiger partial charge in [-0.1, -0.05) is 12.1 Å². The normalized spacial score (nSPS) is 20.0. The molecule has 160 valence electrons. The summed E-state index contributed by atoms with van der Waals surface area (Å²) >= 11 is 0. The van der Waals surface area contributed by atoms with Gasteiger partial charge in [0.2, 0.25) is 16.4 Å². The summed E-state index contributed by atoms with van der Waals surface area (Å²) in [4.78, 5) is 18.5. The van der Waals surface area contributed by atoms with Gasteiger partial charge in [0.25, 0.3) is 0 Å². The Morgan fingerprint density at radius 2 is 1.93 bits per heavy atom. The minimum atomic E-state index is -3.14. The van der Waals surface area contributed by atoms with Crippen molar-refractivity contribution < 1.29 is 13.2 Å². The fourth-order valence-electron chi connectivity index (χ4n) is 4.38. The first kappa shape index (κ1) is 20.8. The number of sulfonamides is 1. The van der Waals surface area contributed by atoms with Crippen LogP contribution in [0.5, 0.6) is 0 Å². The first-order valence-electron chi connectivity index (χ1n) is 10.1. The summed E-state index contributed by atoms with van der Waals surface area (Å²) in [7, 11) is -3.14. The Bertz CT molecular complexity index is 1020. The van der Waals surface area contributed by atoms with Crippen LogP contribution in [0, 0.1) is 6.92 Å². The van der Waals surface area contributed by atoms with Crippen molar-refractivity contribution in [1.82, 2.24) is 14.2 Å². The van der Waals surface area contributed by atoms with Crippen LogP contribution in [0.25, 0.3) is 0 Å². The molecule has 0 bridgehead atoms. The number of benzene rings is 1. The lowest BCUT2D eigenvalue weighted by atomic mass is 10.0. The number of hydrogen-bond donors (Lipinski definition) is 1. The highest BCUT2D eigenvalue weighted by molar-refractivity contribution is 7.88. The smallest absolute Gasteiger partial charge is 0.232 e. The molecule has 8 nitrogen and oxygen atoms in total. The molecule has 1 unspecified atom stereocenters. The molecule has 1 aromatic carbocycles. The van der Waals surface area contributed by atoms with E-state index in [1.54, 1.807) is 10.5 Å². The summed E-state index contributed by atoms with van der Waals surface area (Å²) in [6.07, 6.45) is 5.60. The third kappa shape index (κ3) is 4.19. The number of piperazine rings is 1. The molecule has 1 amide bonds. The van der Waals surface area contributed by atoms with E-state index in [1.165, 1.54) is 16.8 Å². The van der Waals surface area contributed by atoms with Crippen LogP contribution in [0.1, 0.15) is 29.3 Å². The second-order valence-corrected chi connectivity index (χ2v) is 9.86. The third-order valence-electron chi connectivity index (χ3n) is 5.92. The first-order valence-corrected chi connectivity index (χ1v) is 12.0. The molecule has 4 rings (SSSR count). The minimum Gasteiger partial charge on any atom is -0.294 e. The zero-order valence-electron chi connectivity index (χ0n) is 17.3.